The van der Waals surface area contributed by atoms with Crippen molar-refractivity contribution in [1.29, 1.82) is 0 Å². The predicted molar refractivity (Wildman–Crippen MR) is 42.0 cm³/mol. The Labute approximate surface area is 70.6 Å². The molecule has 1 N–H and O–H groups in total. The second-order valence-electron chi connectivity index (χ2n) is 3.23. The van der Waals surface area contributed by atoms with Crippen molar-refractivity contribution < 1.29 is 14.3 Å². The first-order valence-corrected chi connectivity index (χ1v) is 3.80. The summed E-state index contributed by atoms with van der Waals surface area (Å²) in [5.74, 6) is 0. The summed E-state index contributed by atoms with van der Waals surface area (Å²) in [6.07, 6.45) is -2.10. The summed E-state index contributed by atoms with van der Waals surface area (Å²) in [5.41, 5.74) is 0. The van der Waals surface area contributed by atoms with Gasteiger partial charge in [-0.15, -0.1) is 0 Å². The summed E-state index contributed by atoms with van der Waals surface area (Å²) < 4.78 is 13.1. The molecule has 0 saturated carbocycles. The highest BCUT2D eigenvalue weighted by atomic mass is 19.1. The van der Waals surface area contributed by atoms with Gasteiger partial charge < -0.3 is 14.9 Å². The van der Waals surface area contributed by atoms with E-state index in [4.69, 9.17) is 5.11 Å². The average Bonchev–Trinajstić information content (AvgIpc) is 2.30. The molecule has 0 spiro atoms. The maximum Gasteiger partial charge on any atom is 0.407 e. The number of likely N-dealkylation sites (tertiary alicyclic amines) is 1. The van der Waals surface area contributed by atoms with Crippen molar-refractivity contribution >= 4 is 6.09 Å². The molecule has 1 fully saturated rings. The number of hydrogen-bond donors (Lipinski definition) is 1. The molecular formula is C7H13FN2O2. The molecule has 0 aromatic carbocycles. The standard InChI is InChI=1S/C7H13FN2O2/c1-9(2)6-4-10(7(11)12)3-5(6)8/h5-6H,3-4H2,1-2H3,(H,11,12)/t5-,6+/m0/s1. The third kappa shape index (κ3) is 1.66. The van der Waals surface area contributed by atoms with Gasteiger partial charge in [0.1, 0.15) is 6.17 Å². The molecule has 0 unspecified atom stereocenters. The lowest BCUT2D eigenvalue weighted by atomic mass is 10.2. The minimum absolute atomic E-state index is 0.00181. The molecule has 1 amide bonds. The molecule has 4 nitrogen and oxygen atoms in total. The van der Waals surface area contributed by atoms with Gasteiger partial charge in [0.05, 0.1) is 12.6 Å². The van der Waals surface area contributed by atoms with Crippen molar-refractivity contribution in [3.05, 3.63) is 0 Å². The van der Waals surface area contributed by atoms with Crippen LogP contribution in [-0.2, 0) is 0 Å². The number of rotatable bonds is 1. The van der Waals surface area contributed by atoms with Gasteiger partial charge >= 0.3 is 6.09 Å². The lowest BCUT2D eigenvalue weighted by Crippen LogP contribution is -2.36. The van der Waals surface area contributed by atoms with Crippen molar-refractivity contribution in [2.75, 3.05) is 27.2 Å². The fourth-order valence-corrected chi connectivity index (χ4v) is 1.39. The van der Waals surface area contributed by atoms with Gasteiger partial charge in [-0.25, -0.2) is 9.18 Å². The zero-order valence-electron chi connectivity index (χ0n) is 7.20. The SMILES string of the molecule is CN(C)[C@@H]1CN(C(=O)O)C[C@@H]1F. The normalized spacial score (nSPS) is 29.8. The Hall–Kier alpha value is -0.840. The van der Waals surface area contributed by atoms with E-state index in [2.05, 4.69) is 0 Å². The zero-order valence-corrected chi connectivity index (χ0v) is 7.20. The van der Waals surface area contributed by atoms with E-state index in [1.54, 1.807) is 19.0 Å². The number of alkyl halides is 1. The van der Waals surface area contributed by atoms with E-state index >= 15 is 0 Å². The Morgan fingerprint density at radius 2 is 2.17 bits per heavy atom. The van der Waals surface area contributed by atoms with Crippen LogP contribution in [0.3, 0.4) is 0 Å². The molecule has 0 aromatic heterocycles. The van der Waals surface area contributed by atoms with Gasteiger partial charge in [0, 0.05) is 6.54 Å². The number of carboxylic acid groups (broad SMARTS) is 1. The first-order chi connectivity index (χ1) is 5.52. The van der Waals surface area contributed by atoms with Crippen LogP contribution in [0.25, 0.3) is 0 Å². The molecule has 5 heteroatoms. The number of carbonyl (C=O) groups is 1. The van der Waals surface area contributed by atoms with E-state index in [0.717, 1.165) is 4.90 Å². The van der Waals surface area contributed by atoms with E-state index < -0.39 is 12.3 Å². The molecule has 1 saturated heterocycles. The van der Waals surface area contributed by atoms with Gasteiger partial charge in [0.15, 0.2) is 0 Å². The Morgan fingerprint density at radius 3 is 2.42 bits per heavy atom. The summed E-state index contributed by atoms with van der Waals surface area (Å²) >= 11 is 0. The van der Waals surface area contributed by atoms with Crippen LogP contribution in [-0.4, -0.2) is 60.4 Å². The maximum absolute atomic E-state index is 13.1. The number of likely N-dealkylation sites (N-methyl/N-ethyl adjacent to an activating group) is 1. The third-order valence-corrected chi connectivity index (χ3v) is 2.15. The Balaban J connectivity index is 2.56. The van der Waals surface area contributed by atoms with Crippen LogP contribution >= 0.6 is 0 Å². The topological polar surface area (TPSA) is 43.8 Å². The van der Waals surface area contributed by atoms with Crippen LogP contribution in [0, 0.1) is 0 Å². The monoisotopic (exact) mass is 176 g/mol. The van der Waals surface area contributed by atoms with Crippen LogP contribution in [0.15, 0.2) is 0 Å². The molecule has 1 aliphatic rings. The van der Waals surface area contributed by atoms with Gasteiger partial charge in [-0.1, -0.05) is 0 Å². The van der Waals surface area contributed by atoms with Crippen molar-refractivity contribution in [1.82, 2.24) is 9.80 Å². The second kappa shape index (κ2) is 3.26. The van der Waals surface area contributed by atoms with Crippen molar-refractivity contribution in [2.45, 2.75) is 12.2 Å². The van der Waals surface area contributed by atoms with Crippen LogP contribution in [0.4, 0.5) is 9.18 Å². The van der Waals surface area contributed by atoms with Crippen molar-refractivity contribution in [3.8, 4) is 0 Å². The van der Waals surface area contributed by atoms with E-state index in [1.165, 1.54) is 0 Å². The minimum atomic E-state index is -1.06. The van der Waals surface area contributed by atoms with Gasteiger partial charge in [-0.05, 0) is 14.1 Å². The first kappa shape index (κ1) is 9.25. The highest BCUT2D eigenvalue weighted by molar-refractivity contribution is 5.65. The summed E-state index contributed by atoms with van der Waals surface area (Å²) in [5, 5.41) is 8.57. The van der Waals surface area contributed by atoms with Crippen molar-refractivity contribution in [3.63, 3.8) is 0 Å². The molecule has 0 bridgehead atoms. The molecule has 1 rings (SSSR count). The largest absolute Gasteiger partial charge is 0.465 e. The number of amides is 1. The fraction of sp³-hybridized carbons (Fsp3) is 0.857. The van der Waals surface area contributed by atoms with E-state index in [9.17, 15) is 9.18 Å². The summed E-state index contributed by atoms with van der Waals surface area (Å²) in [6.45, 7) is 0.266. The Bertz CT molecular complexity index is 186. The van der Waals surface area contributed by atoms with Crippen LogP contribution in [0.5, 0.6) is 0 Å². The van der Waals surface area contributed by atoms with E-state index in [-0.39, 0.29) is 19.1 Å². The molecule has 1 aliphatic heterocycles. The summed E-state index contributed by atoms with van der Waals surface area (Å²) in [4.78, 5) is 13.3. The summed E-state index contributed by atoms with van der Waals surface area (Å²) in [6, 6.07) is -0.291. The molecule has 0 radical (unpaired) electrons. The number of hydrogen-bond acceptors (Lipinski definition) is 2. The van der Waals surface area contributed by atoms with Crippen molar-refractivity contribution in [2.24, 2.45) is 0 Å². The van der Waals surface area contributed by atoms with Gasteiger partial charge in [-0.3, -0.25) is 0 Å². The first-order valence-electron chi connectivity index (χ1n) is 3.80. The lowest BCUT2D eigenvalue weighted by Gasteiger charge is -2.19. The minimum Gasteiger partial charge on any atom is -0.465 e. The highest BCUT2D eigenvalue weighted by Crippen LogP contribution is 2.16. The van der Waals surface area contributed by atoms with Crippen LogP contribution in [0.2, 0.25) is 0 Å². The molecule has 2 atom stereocenters. The van der Waals surface area contributed by atoms with Gasteiger partial charge in [-0.2, -0.15) is 0 Å². The zero-order chi connectivity index (χ0) is 9.30. The van der Waals surface area contributed by atoms with Crippen LogP contribution < -0.4 is 0 Å². The smallest absolute Gasteiger partial charge is 0.407 e. The predicted octanol–water partition coefficient (Wildman–Crippen LogP) is 0.248. The Morgan fingerprint density at radius 1 is 1.58 bits per heavy atom. The van der Waals surface area contributed by atoms with E-state index in [1.807, 2.05) is 0 Å². The number of halogens is 1. The van der Waals surface area contributed by atoms with Crippen LogP contribution in [0.1, 0.15) is 0 Å². The molecule has 0 aliphatic carbocycles. The lowest BCUT2D eigenvalue weighted by molar-refractivity contribution is 0.151. The Kier molecular flexibility index (Phi) is 2.52. The summed E-state index contributed by atoms with van der Waals surface area (Å²) in [7, 11) is 3.51. The second-order valence-corrected chi connectivity index (χ2v) is 3.23. The molecule has 0 aromatic rings. The molecule has 70 valence electrons. The molecular weight excluding hydrogens is 163 g/mol. The number of nitrogens with zero attached hydrogens (tertiary/aromatic N) is 2. The molecule has 1 heterocycles. The average molecular weight is 176 g/mol. The van der Waals surface area contributed by atoms with Gasteiger partial charge in [0.25, 0.3) is 0 Å². The third-order valence-electron chi connectivity index (χ3n) is 2.15. The highest BCUT2D eigenvalue weighted by Gasteiger charge is 2.36. The van der Waals surface area contributed by atoms with E-state index in [0.29, 0.717) is 0 Å². The quantitative estimate of drug-likeness (QED) is 0.622. The maximum atomic E-state index is 13.1. The van der Waals surface area contributed by atoms with Gasteiger partial charge in [0.2, 0.25) is 0 Å². The molecule has 12 heavy (non-hydrogen) atoms. The fourth-order valence-electron chi connectivity index (χ4n) is 1.39.